The van der Waals surface area contributed by atoms with Crippen molar-refractivity contribution in [3.63, 3.8) is 0 Å². The van der Waals surface area contributed by atoms with Crippen LogP contribution in [0.25, 0.3) is 0 Å². The number of rotatable bonds is 12. The Morgan fingerprint density at radius 3 is 2.19 bits per heavy atom. The Kier molecular flexibility index (Phi) is 10.7. The van der Waals surface area contributed by atoms with E-state index in [0.717, 1.165) is 19.3 Å². The minimum Gasteiger partial charge on any atom is -0.338 e. The van der Waals surface area contributed by atoms with Crippen LogP contribution in [0.4, 0.5) is 5.00 Å². The van der Waals surface area contributed by atoms with E-state index in [1.165, 1.54) is 37.0 Å². The average molecular weight is 392 g/mol. The summed E-state index contributed by atoms with van der Waals surface area (Å²) in [6.45, 7) is 9.08. The van der Waals surface area contributed by atoms with Crippen molar-refractivity contribution in [1.29, 1.82) is 5.26 Å². The van der Waals surface area contributed by atoms with E-state index < -0.39 is 0 Å². The molecule has 0 atom stereocenters. The summed E-state index contributed by atoms with van der Waals surface area (Å²) in [4.78, 5) is 27.1. The van der Waals surface area contributed by atoms with Crippen LogP contribution in [0.2, 0.25) is 0 Å². The van der Waals surface area contributed by atoms with Gasteiger partial charge in [-0.2, -0.15) is 5.26 Å². The summed E-state index contributed by atoms with van der Waals surface area (Å²) in [5.41, 5.74) is 1.06. The number of thiophene rings is 1. The normalized spacial score (nSPS) is 10.5. The van der Waals surface area contributed by atoms with Crippen molar-refractivity contribution in [3.05, 3.63) is 16.0 Å². The minimum absolute atomic E-state index is 0.0772. The number of unbranched alkanes of at least 4 members (excludes halogenated alkanes) is 6. The van der Waals surface area contributed by atoms with Gasteiger partial charge in [-0.05, 0) is 32.8 Å². The predicted molar refractivity (Wildman–Crippen MR) is 112 cm³/mol. The number of hydrogen-bond acceptors (Lipinski definition) is 4. The van der Waals surface area contributed by atoms with E-state index in [1.54, 1.807) is 11.8 Å². The molecule has 0 saturated heterocycles. The quantitative estimate of drug-likeness (QED) is 0.479. The molecule has 1 N–H and O–H groups in total. The van der Waals surface area contributed by atoms with Gasteiger partial charge in [0, 0.05) is 19.5 Å². The first-order valence-corrected chi connectivity index (χ1v) is 10.9. The lowest BCUT2D eigenvalue weighted by Gasteiger charge is -2.17. The van der Waals surface area contributed by atoms with Crippen molar-refractivity contribution >= 4 is 28.2 Å². The third-order valence-electron chi connectivity index (χ3n) is 4.76. The molecule has 0 saturated carbocycles. The highest BCUT2D eigenvalue weighted by molar-refractivity contribution is 7.18. The molecule has 0 radical (unpaired) electrons. The number of nitrogens with zero attached hydrogens (tertiary/aromatic N) is 2. The molecule has 1 heterocycles. The summed E-state index contributed by atoms with van der Waals surface area (Å²) in [6, 6.07) is 2.14. The molecular weight excluding hydrogens is 358 g/mol. The summed E-state index contributed by atoms with van der Waals surface area (Å²) in [6.07, 6.45) is 8.55. The zero-order valence-corrected chi connectivity index (χ0v) is 18.0. The lowest BCUT2D eigenvalue weighted by Crippen LogP contribution is -2.30. The molecule has 0 unspecified atom stereocenters. The highest BCUT2D eigenvalue weighted by Crippen LogP contribution is 2.33. The Balaban J connectivity index is 2.64. The number of nitriles is 1. The molecule has 1 rings (SSSR count). The van der Waals surface area contributed by atoms with Crippen LogP contribution in [0.15, 0.2) is 0 Å². The van der Waals surface area contributed by atoms with Crippen LogP contribution in [-0.4, -0.2) is 29.8 Å². The van der Waals surface area contributed by atoms with Crippen LogP contribution < -0.4 is 5.32 Å². The molecule has 0 aliphatic rings. The standard InChI is InChI=1S/C21H33N3O2S/c1-5-8-9-10-11-12-13-14-18(25)23-20-17(15-22)16(4)19(27-20)21(26)24(6-2)7-3/h5-14H2,1-4H3,(H,23,25). The van der Waals surface area contributed by atoms with Crippen LogP contribution in [-0.2, 0) is 4.79 Å². The van der Waals surface area contributed by atoms with Gasteiger partial charge in [0.05, 0.1) is 10.4 Å². The molecule has 1 aromatic rings. The van der Waals surface area contributed by atoms with Crippen molar-refractivity contribution in [2.24, 2.45) is 0 Å². The first-order chi connectivity index (χ1) is 13.0. The van der Waals surface area contributed by atoms with Gasteiger partial charge >= 0.3 is 0 Å². The number of carbonyl (C=O) groups excluding carboxylic acids is 2. The van der Waals surface area contributed by atoms with E-state index in [9.17, 15) is 14.9 Å². The number of carbonyl (C=O) groups is 2. The molecule has 2 amide bonds. The van der Waals surface area contributed by atoms with E-state index in [2.05, 4.69) is 18.3 Å². The molecule has 6 heteroatoms. The zero-order chi connectivity index (χ0) is 20.2. The SMILES string of the molecule is CCCCCCCCCC(=O)Nc1sc(C(=O)N(CC)CC)c(C)c1C#N. The molecule has 1 aromatic heterocycles. The average Bonchev–Trinajstić information content (AvgIpc) is 2.96. The molecule has 5 nitrogen and oxygen atoms in total. The third kappa shape index (κ3) is 6.99. The maximum absolute atomic E-state index is 12.6. The van der Waals surface area contributed by atoms with Crippen molar-refractivity contribution in [2.45, 2.75) is 79.1 Å². The smallest absolute Gasteiger partial charge is 0.264 e. The molecule has 27 heavy (non-hydrogen) atoms. The Bertz CT molecular complexity index is 657. The highest BCUT2D eigenvalue weighted by atomic mass is 32.1. The molecule has 0 aliphatic heterocycles. The van der Waals surface area contributed by atoms with Crippen LogP contribution >= 0.6 is 11.3 Å². The van der Waals surface area contributed by atoms with Crippen molar-refractivity contribution in [2.75, 3.05) is 18.4 Å². The zero-order valence-electron chi connectivity index (χ0n) is 17.2. The second-order valence-corrected chi connectivity index (χ2v) is 7.79. The second kappa shape index (κ2) is 12.5. The maximum atomic E-state index is 12.6. The molecule has 0 fully saturated rings. The summed E-state index contributed by atoms with van der Waals surface area (Å²) < 4.78 is 0. The van der Waals surface area contributed by atoms with Gasteiger partial charge in [-0.25, -0.2) is 0 Å². The van der Waals surface area contributed by atoms with Gasteiger partial charge in [-0.3, -0.25) is 9.59 Å². The number of amides is 2. The largest absolute Gasteiger partial charge is 0.338 e. The molecule has 0 aliphatic carbocycles. The highest BCUT2D eigenvalue weighted by Gasteiger charge is 2.23. The molecule has 0 aromatic carbocycles. The van der Waals surface area contributed by atoms with Gasteiger partial charge < -0.3 is 10.2 Å². The van der Waals surface area contributed by atoms with Gasteiger partial charge in [0.2, 0.25) is 5.91 Å². The van der Waals surface area contributed by atoms with Crippen molar-refractivity contribution < 1.29 is 9.59 Å². The minimum atomic E-state index is -0.0804. The summed E-state index contributed by atoms with van der Waals surface area (Å²) in [5.74, 6) is -0.158. The fourth-order valence-electron chi connectivity index (χ4n) is 3.03. The van der Waals surface area contributed by atoms with E-state index in [-0.39, 0.29) is 11.8 Å². The fraction of sp³-hybridized carbons (Fsp3) is 0.667. The Morgan fingerprint density at radius 1 is 1.04 bits per heavy atom. The first-order valence-electron chi connectivity index (χ1n) is 10.1. The molecule has 0 spiro atoms. The topological polar surface area (TPSA) is 73.2 Å². The van der Waals surface area contributed by atoms with Gasteiger partial charge in [0.1, 0.15) is 11.1 Å². The van der Waals surface area contributed by atoms with Gasteiger partial charge in [-0.15, -0.1) is 11.3 Å². The van der Waals surface area contributed by atoms with E-state index in [1.807, 2.05) is 13.8 Å². The van der Waals surface area contributed by atoms with Crippen LogP contribution in [0.3, 0.4) is 0 Å². The lowest BCUT2D eigenvalue weighted by atomic mass is 10.1. The summed E-state index contributed by atoms with van der Waals surface area (Å²) >= 11 is 1.21. The Labute approximate surface area is 167 Å². The lowest BCUT2D eigenvalue weighted by molar-refractivity contribution is -0.116. The summed E-state index contributed by atoms with van der Waals surface area (Å²) in [5, 5.41) is 12.8. The van der Waals surface area contributed by atoms with E-state index >= 15 is 0 Å². The molecular formula is C21H33N3O2S. The molecule has 150 valence electrons. The second-order valence-electron chi connectivity index (χ2n) is 6.77. The van der Waals surface area contributed by atoms with Gasteiger partial charge in [0.15, 0.2) is 0 Å². The fourth-order valence-corrected chi connectivity index (χ4v) is 4.17. The number of nitrogens with one attached hydrogen (secondary N) is 1. The van der Waals surface area contributed by atoms with E-state index in [4.69, 9.17) is 0 Å². The van der Waals surface area contributed by atoms with Crippen LogP contribution in [0, 0.1) is 18.3 Å². The maximum Gasteiger partial charge on any atom is 0.264 e. The van der Waals surface area contributed by atoms with Gasteiger partial charge in [0.25, 0.3) is 5.91 Å². The van der Waals surface area contributed by atoms with Crippen molar-refractivity contribution in [1.82, 2.24) is 4.90 Å². The monoisotopic (exact) mass is 391 g/mol. The summed E-state index contributed by atoms with van der Waals surface area (Å²) in [7, 11) is 0. The Morgan fingerprint density at radius 2 is 1.63 bits per heavy atom. The number of hydrogen-bond donors (Lipinski definition) is 1. The van der Waals surface area contributed by atoms with E-state index in [0.29, 0.717) is 40.5 Å². The van der Waals surface area contributed by atoms with Gasteiger partial charge in [-0.1, -0.05) is 45.4 Å². The third-order valence-corrected chi connectivity index (χ3v) is 5.96. The van der Waals surface area contributed by atoms with Crippen LogP contribution in [0.5, 0.6) is 0 Å². The molecule has 0 bridgehead atoms. The van der Waals surface area contributed by atoms with Crippen molar-refractivity contribution in [3.8, 4) is 6.07 Å². The van der Waals surface area contributed by atoms with Crippen LogP contribution in [0.1, 0.15) is 92.9 Å². The number of anilines is 1. The predicted octanol–water partition coefficient (Wildman–Crippen LogP) is 5.49. The first kappa shape index (κ1) is 23.2. The Hall–Kier alpha value is -1.87.